The lowest BCUT2D eigenvalue weighted by molar-refractivity contribution is 0.0956. The highest BCUT2D eigenvalue weighted by molar-refractivity contribution is 7.92. The molecule has 0 unspecified atom stereocenters. The van der Waals surface area contributed by atoms with E-state index in [1.165, 1.54) is 10.6 Å². The van der Waals surface area contributed by atoms with Crippen LogP contribution in [0.3, 0.4) is 0 Å². The van der Waals surface area contributed by atoms with Gasteiger partial charge in [-0.2, -0.15) is 0 Å². The van der Waals surface area contributed by atoms with Gasteiger partial charge < -0.3 is 5.32 Å². The van der Waals surface area contributed by atoms with Crippen LogP contribution >= 0.6 is 0 Å². The van der Waals surface area contributed by atoms with Gasteiger partial charge in [0.25, 0.3) is 5.91 Å². The molecule has 2 rings (SSSR count). The van der Waals surface area contributed by atoms with Crippen LogP contribution in [-0.4, -0.2) is 27.1 Å². The van der Waals surface area contributed by atoms with Crippen LogP contribution in [0.4, 0.5) is 5.69 Å². The second-order valence-corrected chi connectivity index (χ2v) is 7.97. The maximum absolute atomic E-state index is 12.4. The summed E-state index contributed by atoms with van der Waals surface area (Å²) in [5.41, 5.74) is 3.90. The molecule has 2 aromatic carbocycles. The molecule has 0 aliphatic carbocycles. The Morgan fingerprint density at radius 1 is 1.04 bits per heavy atom. The highest BCUT2D eigenvalue weighted by Gasteiger charge is 2.21. The Morgan fingerprint density at radius 3 is 2.08 bits per heavy atom. The lowest BCUT2D eigenvalue weighted by atomic mass is 10.1. The van der Waals surface area contributed by atoms with E-state index in [1.54, 1.807) is 24.3 Å². The highest BCUT2D eigenvalue weighted by atomic mass is 32.2. The Hall–Kier alpha value is -2.34. The molecule has 1 amide bonds. The minimum absolute atomic E-state index is 0.135. The third-order valence-electron chi connectivity index (χ3n) is 3.97. The van der Waals surface area contributed by atoms with Gasteiger partial charge in [-0.3, -0.25) is 9.10 Å². The second-order valence-electron chi connectivity index (χ2n) is 6.07. The topological polar surface area (TPSA) is 66.5 Å². The van der Waals surface area contributed by atoms with Gasteiger partial charge in [0.1, 0.15) is 0 Å². The number of hydrogen-bond donors (Lipinski definition) is 1. The summed E-state index contributed by atoms with van der Waals surface area (Å²) in [5, 5.41) is 2.74. The van der Waals surface area contributed by atoms with Gasteiger partial charge >= 0.3 is 0 Å². The normalized spacial score (nSPS) is 11.2. The van der Waals surface area contributed by atoms with Crippen molar-refractivity contribution in [3.63, 3.8) is 0 Å². The summed E-state index contributed by atoms with van der Waals surface area (Å²) in [5.74, 6) is -0.135. The van der Waals surface area contributed by atoms with Crippen LogP contribution < -0.4 is 9.62 Å². The Bertz CT molecular complexity index is 838. The van der Waals surface area contributed by atoms with Gasteiger partial charge in [0.2, 0.25) is 10.0 Å². The second kappa shape index (κ2) is 7.70. The van der Waals surface area contributed by atoms with Crippen LogP contribution in [0.2, 0.25) is 0 Å². The molecule has 2 aromatic rings. The van der Waals surface area contributed by atoms with Crippen LogP contribution in [0.15, 0.2) is 42.5 Å². The zero-order valence-electron chi connectivity index (χ0n) is 15.0. The first kappa shape index (κ1) is 19.0. The zero-order valence-corrected chi connectivity index (χ0v) is 15.9. The van der Waals surface area contributed by atoms with Gasteiger partial charge in [0, 0.05) is 12.1 Å². The summed E-state index contributed by atoms with van der Waals surface area (Å²) in [6.45, 7) is 6.45. The molecule has 0 saturated heterocycles. The van der Waals surface area contributed by atoms with E-state index in [4.69, 9.17) is 0 Å². The highest BCUT2D eigenvalue weighted by Crippen LogP contribution is 2.28. The number of benzene rings is 2. The standard InChI is InChI=1S/C19H24N2O3S/c1-5-20-19(22)17-11-9-16(10-12-17)13-21(25(4,23)24)18-14(2)7-6-8-15(18)3/h6-12H,5,13H2,1-4H3,(H,20,22). The molecular weight excluding hydrogens is 336 g/mol. The first-order valence-corrected chi connectivity index (χ1v) is 10.00. The molecule has 1 N–H and O–H groups in total. The van der Waals surface area contributed by atoms with Gasteiger partial charge in [0.15, 0.2) is 0 Å². The molecule has 0 aliphatic heterocycles. The molecule has 0 heterocycles. The molecule has 134 valence electrons. The number of anilines is 1. The summed E-state index contributed by atoms with van der Waals surface area (Å²) in [6, 6.07) is 12.7. The summed E-state index contributed by atoms with van der Waals surface area (Å²) >= 11 is 0. The van der Waals surface area contributed by atoms with Crippen molar-refractivity contribution in [2.24, 2.45) is 0 Å². The number of carbonyl (C=O) groups is 1. The number of carbonyl (C=O) groups excluding carboxylic acids is 1. The molecule has 6 heteroatoms. The number of sulfonamides is 1. The first-order chi connectivity index (χ1) is 11.7. The summed E-state index contributed by atoms with van der Waals surface area (Å²) in [4.78, 5) is 11.8. The predicted molar refractivity (Wildman–Crippen MR) is 101 cm³/mol. The minimum atomic E-state index is -3.44. The fourth-order valence-electron chi connectivity index (χ4n) is 2.75. The Labute approximate surface area is 149 Å². The molecule has 25 heavy (non-hydrogen) atoms. The van der Waals surface area contributed by atoms with Crippen LogP contribution in [-0.2, 0) is 16.6 Å². The van der Waals surface area contributed by atoms with E-state index >= 15 is 0 Å². The molecule has 0 radical (unpaired) electrons. The summed E-state index contributed by atoms with van der Waals surface area (Å²) in [7, 11) is -3.44. The summed E-state index contributed by atoms with van der Waals surface area (Å²) < 4.78 is 26.1. The molecule has 0 atom stereocenters. The van der Waals surface area contributed by atoms with Crippen LogP contribution in [0.1, 0.15) is 34.0 Å². The lowest BCUT2D eigenvalue weighted by Gasteiger charge is -2.26. The van der Waals surface area contributed by atoms with E-state index in [-0.39, 0.29) is 12.5 Å². The molecule has 0 saturated carbocycles. The first-order valence-electron chi connectivity index (χ1n) is 8.15. The van der Waals surface area contributed by atoms with E-state index in [9.17, 15) is 13.2 Å². The third kappa shape index (κ3) is 4.60. The van der Waals surface area contributed by atoms with Crippen molar-refractivity contribution in [2.75, 3.05) is 17.1 Å². The maximum Gasteiger partial charge on any atom is 0.251 e. The van der Waals surface area contributed by atoms with Crippen molar-refractivity contribution < 1.29 is 13.2 Å². The van der Waals surface area contributed by atoms with Gasteiger partial charge in [0.05, 0.1) is 18.5 Å². The molecule has 0 spiro atoms. The summed E-state index contributed by atoms with van der Waals surface area (Å²) in [6.07, 6.45) is 1.21. The van der Waals surface area contributed by atoms with Crippen LogP contribution in [0, 0.1) is 13.8 Å². The van der Waals surface area contributed by atoms with E-state index in [0.717, 1.165) is 16.7 Å². The Balaban J connectivity index is 2.35. The largest absolute Gasteiger partial charge is 0.352 e. The van der Waals surface area contributed by atoms with E-state index in [2.05, 4.69) is 5.32 Å². The van der Waals surface area contributed by atoms with Gasteiger partial charge in [-0.1, -0.05) is 30.3 Å². The number of amides is 1. The molecule has 0 fully saturated rings. The molecule has 0 aliphatic rings. The molecule has 0 bridgehead atoms. The number of rotatable bonds is 6. The van der Waals surface area contributed by atoms with Gasteiger partial charge in [-0.05, 0) is 49.6 Å². The Kier molecular flexibility index (Phi) is 5.85. The number of para-hydroxylation sites is 1. The third-order valence-corrected chi connectivity index (χ3v) is 5.08. The Morgan fingerprint density at radius 2 is 1.60 bits per heavy atom. The van der Waals surface area contributed by atoms with Gasteiger partial charge in [-0.15, -0.1) is 0 Å². The number of nitrogens with zero attached hydrogens (tertiary/aromatic N) is 1. The number of hydrogen-bond acceptors (Lipinski definition) is 3. The molecule has 0 aromatic heterocycles. The lowest BCUT2D eigenvalue weighted by Crippen LogP contribution is -2.30. The number of aryl methyl sites for hydroxylation is 2. The van der Waals surface area contributed by atoms with E-state index in [1.807, 2.05) is 39.0 Å². The van der Waals surface area contributed by atoms with Crippen molar-refractivity contribution in [1.82, 2.24) is 5.32 Å². The molecular formula is C19H24N2O3S. The van der Waals surface area contributed by atoms with Crippen molar-refractivity contribution >= 4 is 21.6 Å². The van der Waals surface area contributed by atoms with Crippen LogP contribution in [0.5, 0.6) is 0 Å². The quantitative estimate of drug-likeness (QED) is 0.861. The molecule has 5 nitrogen and oxygen atoms in total. The van der Waals surface area contributed by atoms with Crippen molar-refractivity contribution in [1.29, 1.82) is 0 Å². The minimum Gasteiger partial charge on any atom is -0.352 e. The number of nitrogens with one attached hydrogen (secondary N) is 1. The average Bonchev–Trinajstić information content (AvgIpc) is 2.53. The predicted octanol–water partition coefficient (Wildman–Crippen LogP) is 3.02. The smallest absolute Gasteiger partial charge is 0.251 e. The van der Waals surface area contributed by atoms with Crippen molar-refractivity contribution in [2.45, 2.75) is 27.3 Å². The fraction of sp³-hybridized carbons (Fsp3) is 0.316. The van der Waals surface area contributed by atoms with Crippen molar-refractivity contribution in [3.05, 3.63) is 64.7 Å². The zero-order chi connectivity index (χ0) is 18.6. The SMILES string of the molecule is CCNC(=O)c1ccc(CN(c2c(C)cccc2C)S(C)(=O)=O)cc1. The van der Waals surface area contributed by atoms with Gasteiger partial charge in [-0.25, -0.2) is 8.42 Å². The van der Waals surface area contributed by atoms with E-state index < -0.39 is 10.0 Å². The van der Waals surface area contributed by atoms with E-state index in [0.29, 0.717) is 17.8 Å². The van der Waals surface area contributed by atoms with Crippen LogP contribution in [0.25, 0.3) is 0 Å². The maximum atomic E-state index is 12.4. The monoisotopic (exact) mass is 360 g/mol. The van der Waals surface area contributed by atoms with Crippen molar-refractivity contribution in [3.8, 4) is 0 Å². The fourth-order valence-corrected chi connectivity index (χ4v) is 3.75. The average molecular weight is 360 g/mol.